The van der Waals surface area contributed by atoms with Crippen molar-refractivity contribution < 1.29 is 9.59 Å². The third-order valence-electron chi connectivity index (χ3n) is 4.26. The first-order valence-corrected chi connectivity index (χ1v) is 10.8. The van der Waals surface area contributed by atoms with Gasteiger partial charge < -0.3 is 15.1 Å². The van der Waals surface area contributed by atoms with Gasteiger partial charge in [-0.25, -0.2) is 9.97 Å². The molecule has 0 aromatic carbocycles. The molecule has 0 aliphatic carbocycles. The number of nitrogens with one attached hydrogen (secondary N) is 1. The summed E-state index contributed by atoms with van der Waals surface area (Å²) in [6.07, 6.45) is 1.77. The van der Waals surface area contributed by atoms with Gasteiger partial charge in [-0.3, -0.25) is 9.59 Å². The Balaban J connectivity index is 1.29. The van der Waals surface area contributed by atoms with E-state index in [1.54, 1.807) is 28.5 Å². The van der Waals surface area contributed by atoms with Crippen LogP contribution in [0.15, 0.2) is 34.2 Å². The predicted octanol–water partition coefficient (Wildman–Crippen LogP) is 2.59. The summed E-state index contributed by atoms with van der Waals surface area (Å²) in [7, 11) is 0. The van der Waals surface area contributed by atoms with Crippen molar-refractivity contribution in [3.63, 3.8) is 0 Å². The normalized spacial score (nSPS) is 14.6. The molecule has 2 amide bonds. The maximum absolute atomic E-state index is 12.4. The number of carbonyl (C=O) groups excluding carboxylic acids is 2. The number of thiophene rings is 1. The average molecular weight is 466 g/mol. The number of carbonyl (C=O) groups is 2. The van der Waals surface area contributed by atoms with Crippen LogP contribution in [0.4, 0.5) is 5.13 Å². The Hall–Kier alpha value is -2.04. The Morgan fingerprint density at radius 3 is 2.67 bits per heavy atom. The molecule has 4 heterocycles. The number of nitrogens with zero attached hydrogens (tertiary/aromatic N) is 4. The highest BCUT2D eigenvalue weighted by Crippen LogP contribution is 2.27. The highest BCUT2D eigenvalue weighted by atomic mass is 79.9. The molecule has 0 spiro atoms. The number of thiazole rings is 1. The van der Waals surface area contributed by atoms with Crippen LogP contribution >= 0.6 is 38.6 Å². The van der Waals surface area contributed by atoms with Crippen LogP contribution in [0.25, 0.3) is 10.3 Å². The van der Waals surface area contributed by atoms with E-state index in [2.05, 4.69) is 36.1 Å². The molecule has 1 aliphatic heterocycles. The number of piperazine rings is 1. The summed E-state index contributed by atoms with van der Waals surface area (Å²) in [6, 6.07) is 7.39. The lowest BCUT2D eigenvalue weighted by atomic mass is 10.3. The van der Waals surface area contributed by atoms with Crippen molar-refractivity contribution >= 4 is 65.9 Å². The summed E-state index contributed by atoms with van der Waals surface area (Å²) < 4.78 is 0.889. The molecule has 0 atom stereocenters. The topological polar surface area (TPSA) is 78.4 Å². The molecular weight excluding hydrogens is 450 g/mol. The molecule has 1 aliphatic rings. The zero-order valence-electron chi connectivity index (χ0n) is 14.2. The molecule has 1 saturated heterocycles. The number of pyridine rings is 1. The Kier molecular flexibility index (Phi) is 5.37. The Labute approximate surface area is 172 Å². The van der Waals surface area contributed by atoms with E-state index in [4.69, 9.17) is 0 Å². The molecule has 4 rings (SSSR count). The van der Waals surface area contributed by atoms with Crippen LogP contribution in [0, 0.1) is 0 Å². The van der Waals surface area contributed by atoms with Crippen LogP contribution < -0.4 is 10.2 Å². The third kappa shape index (κ3) is 4.12. The summed E-state index contributed by atoms with van der Waals surface area (Å²) in [4.78, 5) is 38.9. The molecular formula is C17H16BrN5O2S2. The average Bonchev–Trinajstić information content (AvgIpc) is 3.32. The SMILES string of the molecule is O=C(NCC(=O)N1CCN(c2nc3cccnc3s2)CC1)c1ccc(Br)s1. The second-order valence-electron chi connectivity index (χ2n) is 5.98. The number of aromatic nitrogens is 2. The Morgan fingerprint density at radius 1 is 1.15 bits per heavy atom. The largest absolute Gasteiger partial charge is 0.344 e. The van der Waals surface area contributed by atoms with Crippen molar-refractivity contribution in [3.8, 4) is 0 Å². The third-order valence-corrected chi connectivity index (χ3v) is 6.92. The van der Waals surface area contributed by atoms with Gasteiger partial charge in [0, 0.05) is 32.4 Å². The minimum absolute atomic E-state index is 0.0133. The van der Waals surface area contributed by atoms with Crippen molar-refractivity contribution in [3.05, 3.63) is 39.1 Å². The van der Waals surface area contributed by atoms with Crippen LogP contribution in [0.5, 0.6) is 0 Å². The molecule has 10 heteroatoms. The van der Waals surface area contributed by atoms with Crippen LogP contribution in [-0.4, -0.2) is 59.4 Å². The van der Waals surface area contributed by atoms with Crippen LogP contribution in [0.1, 0.15) is 9.67 Å². The van der Waals surface area contributed by atoms with E-state index in [1.807, 2.05) is 18.2 Å². The van der Waals surface area contributed by atoms with Gasteiger partial charge in [0.2, 0.25) is 5.91 Å². The van der Waals surface area contributed by atoms with Gasteiger partial charge in [0.05, 0.1) is 15.2 Å². The first-order chi connectivity index (χ1) is 13.1. The number of rotatable bonds is 4. The molecule has 140 valence electrons. The van der Waals surface area contributed by atoms with E-state index in [-0.39, 0.29) is 18.4 Å². The molecule has 1 fully saturated rings. The molecule has 3 aromatic heterocycles. The van der Waals surface area contributed by atoms with Crippen molar-refractivity contribution in [2.45, 2.75) is 0 Å². The van der Waals surface area contributed by atoms with E-state index in [0.29, 0.717) is 18.0 Å². The van der Waals surface area contributed by atoms with Crippen molar-refractivity contribution in [2.75, 3.05) is 37.6 Å². The predicted molar refractivity (Wildman–Crippen MR) is 111 cm³/mol. The van der Waals surface area contributed by atoms with E-state index in [1.165, 1.54) is 11.3 Å². The molecule has 0 saturated carbocycles. The summed E-state index contributed by atoms with van der Waals surface area (Å²) in [5.74, 6) is -0.288. The maximum atomic E-state index is 12.4. The van der Waals surface area contributed by atoms with Gasteiger partial charge >= 0.3 is 0 Å². The second-order valence-corrected chi connectivity index (χ2v) is 9.40. The lowest BCUT2D eigenvalue weighted by Crippen LogP contribution is -2.51. The standard InChI is InChI=1S/C17H16BrN5O2S2/c18-13-4-3-12(26-13)15(25)20-10-14(24)22-6-8-23(9-7-22)17-21-11-2-1-5-19-16(11)27-17/h1-5H,6-10H2,(H,20,25). The maximum Gasteiger partial charge on any atom is 0.261 e. The second kappa shape index (κ2) is 7.91. The van der Waals surface area contributed by atoms with E-state index < -0.39 is 0 Å². The first-order valence-electron chi connectivity index (χ1n) is 8.38. The number of anilines is 1. The summed E-state index contributed by atoms with van der Waals surface area (Å²) >= 11 is 6.24. The monoisotopic (exact) mass is 465 g/mol. The van der Waals surface area contributed by atoms with Gasteiger partial charge in [-0.2, -0.15) is 0 Å². The van der Waals surface area contributed by atoms with Crippen molar-refractivity contribution in [1.82, 2.24) is 20.2 Å². The van der Waals surface area contributed by atoms with Crippen molar-refractivity contribution in [2.24, 2.45) is 0 Å². The number of amides is 2. The van der Waals surface area contributed by atoms with Gasteiger partial charge in [0.25, 0.3) is 5.91 Å². The fourth-order valence-electron chi connectivity index (χ4n) is 2.83. The zero-order chi connectivity index (χ0) is 18.8. The Bertz CT molecular complexity index is 948. The summed E-state index contributed by atoms with van der Waals surface area (Å²) in [6.45, 7) is 2.68. The molecule has 7 nitrogen and oxygen atoms in total. The molecule has 0 unspecified atom stereocenters. The van der Waals surface area contributed by atoms with Gasteiger partial charge in [0.15, 0.2) is 5.13 Å². The number of halogens is 1. The van der Waals surface area contributed by atoms with Crippen LogP contribution in [0.2, 0.25) is 0 Å². The molecule has 27 heavy (non-hydrogen) atoms. The number of fused-ring (bicyclic) bond motifs is 1. The molecule has 3 aromatic rings. The number of hydrogen-bond acceptors (Lipinski definition) is 7. The summed E-state index contributed by atoms with van der Waals surface area (Å²) in [5, 5.41) is 3.63. The molecule has 1 N–H and O–H groups in total. The molecule has 0 radical (unpaired) electrons. The molecule has 0 bridgehead atoms. The van der Waals surface area contributed by atoms with Gasteiger partial charge in [-0.1, -0.05) is 11.3 Å². The highest BCUT2D eigenvalue weighted by Gasteiger charge is 2.23. The quantitative estimate of drug-likeness (QED) is 0.640. The first kappa shape index (κ1) is 18.3. The minimum Gasteiger partial charge on any atom is -0.344 e. The lowest BCUT2D eigenvalue weighted by Gasteiger charge is -2.34. The van der Waals surface area contributed by atoms with Gasteiger partial charge in [-0.15, -0.1) is 11.3 Å². The van der Waals surface area contributed by atoms with Crippen LogP contribution in [-0.2, 0) is 4.79 Å². The highest BCUT2D eigenvalue weighted by molar-refractivity contribution is 9.11. The minimum atomic E-state index is -0.223. The van der Waals surface area contributed by atoms with E-state index in [9.17, 15) is 9.59 Å². The van der Waals surface area contributed by atoms with Crippen LogP contribution in [0.3, 0.4) is 0 Å². The van der Waals surface area contributed by atoms with Crippen molar-refractivity contribution in [1.29, 1.82) is 0 Å². The summed E-state index contributed by atoms with van der Waals surface area (Å²) in [5.41, 5.74) is 0.902. The van der Waals surface area contributed by atoms with E-state index >= 15 is 0 Å². The van der Waals surface area contributed by atoms with Gasteiger partial charge in [0.1, 0.15) is 10.3 Å². The fourth-order valence-corrected chi connectivity index (χ4v) is 5.09. The smallest absolute Gasteiger partial charge is 0.261 e. The zero-order valence-corrected chi connectivity index (χ0v) is 17.4. The Morgan fingerprint density at radius 2 is 1.96 bits per heavy atom. The lowest BCUT2D eigenvalue weighted by molar-refractivity contribution is -0.130. The van der Waals surface area contributed by atoms with E-state index in [0.717, 1.165) is 32.4 Å². The number of hydrogen-bond donors (Lipinski definition) is 1. The fraction of sp³-hybridized carbons (Fsp3) is 0.294. The van der Waals surface area contributed by atoms with Gasteiger partial charge in [-0.05, 0) is 40.2 Å².